The molecule has 0 bridgehead atoms. The van der Waals surface area contributed by atoms with Crippen molar-refractivity contribution >= 4 is 34.7 Å². The normalized spacial score (nSPS) is 13.6. The first-order valence-electron chi connectivity index (χ1n) is 10.8. The molecule has 1 N–H and O–H groups in total. The van der Waals surface area contributed by atoms with Crippen molar-refractivity contribution in [2.75, 3.05) is 21.8 Å². The van der Waals surface area contributed by atoms with Gasteiger partial charge in [0.1, 0.15) is 12.5 Å². The summed E-state index contributed by atoms with van der Waals surface area (Å²) in [7, 11) is 0. The molecule has 0 unspecified atom stereocenters. The van der Waals surface area contributed by atoms with Crippen molar-refractivity contribution in [1.29, 1.82) is 0 Å². The predicted molar refractivity (Wildman–Crippen MR) is 124 cm³/mol. The van der Waals surface area contributed by atoms with Crippen LogP contribution in [0.5, 0.6) is 0 Å². The smallest absolute Gasteiger partial charge is 0.322 e. The topological polar surface area (TPSA) is 65.5 Å². The van der Waals surface area contributed by atoms with E-state index >= 15 is 0 Å². The zero-order valence-electron chi connectivity index (χ0n) is 19.2. The van der Waals surface area contributed by atoms with Crippen molar-refractivity contribution in [3.63, 3.8) is 0 Å². The van der Waals surface area contributed by atoms with Crippen molar-refractivity contribution < 1.29 is 27.2 Å². The average Bonchev–Trinajstić information content (AvgIpc) is 2.79. The highest BCUT2D eigenvalue weighted by atomic mass is 19.4. The summed E-state index contributed by atoms with van der Waals surface area (Å²) in [6.45, 7) is 4.74. The van der Waals surface area contributed by atoms with Gasteiger partial charge in [-0.05, 0) is 67.4 Å². The van der Waals surface area contributed by atoms with Crippen LogP contribution in [0.4, 0.5) is 40.4 Å². The van der Waals surface area contributed by atoms with Gasteiger partial charge in [-0.25, -0.2) is 9.37 Å². The molecule has 1 aliphatic rings. The van der Waals surface area contributed by atoms with Gasteiger partial charge in [-0.1, -0.05) is 6.92 Å². The number of nitrogens with zero attached hydrogens (tertiary/aromatic N) is 3. The Morgan fingerprint density at radius 3 is 2.34 bits per heavy atom. The third-order valence-electron chi connectivity index (χ3n) is 5.70. The lowest BCUT2D eigenvalue weighted by Gasteiger charge is -2.39. The molecule has 35 heavy (non-hydrogen) atoms. The number of fused-ring (bicyclic) bond motifs is 1. The Balaban J connectivity index is 1.92. The molecule has 4 rings (SSSR count). The Morgan fingerprint density at radius 2 is 1.71 bits per heavy atom. The number of carbonyl (C=O) groups is 2. The second-order valence-electron chi connectivity index (χ2n) is 8.17. The first-order chi connectivity index (χ1) is 16.5. The number of aromatic nitrogens is 1. The first-order valence-corrected chi connectivity index (χ1v) is 10.8. The van der Waals surface area contributed by atoms with Gasteiger partial charge in [-0.2, -0.15) is 13.2 Å². The van der Waals surface area contributed by atoms with Gasteiger partial charge in [-0.3, -0.25) is 14.5 Å². The fraction of sp³-hybridized carbons (Fsp3) is 0.240. The predicted octanol–water partition coefficient (Wildman–Crippen LogP) is 5.82. The number of amides is 2. The lowest BCUT2D eigenvalue weighted by Crippen LogP contribution is -2.45. The molecular formula is C25H22F4N4O2. The fourth-order valence-electron chi connectivity index (χ4n) is 4.03. The van der Waals surface area contributed by atoms with Gasteiger partial charge in [0, 0.05) is 18.3 Å². The first kappa shape index (κ1) is 24.2. The summed E-state index contributed by atoms with van der Waals surface area (Å²) in [4.78, 5) is 32.7. The third-order valence-corrected chi connectivity index (χ3v) is 5.70. The number of hydrogen-bond donors (Lipinski definition) is 1. The number of aryl methyl sites for hydroxylation is 2. The monoisotopic (exact) mass is 486 g/mol. The summed E-state index contributed by atoms with van der Waals surface area (Å²) >= 11 is 0. The molecule has 2 amide bonds. The highest BCUT2D eigenvalue weighted by Crippen LogP contribution is 2.41. The Kier molecular flexibility index (Phi) is 6.23. The van der Waals surface area contributed by atoms with Gasteiger partial charge >= 0.3 is 6.18 Å². The Morgan fingerprint density at radius 1 is 1.03 bits per heavy atom. The molecule has 0 saturated carbocycles. The Hall–Kier alpha value is -3.95. The SMILES string of the molecule is CCc1ccc(N2CN(c3ccc(F)cc3C)c3ccc(C(F)(F)F)cc3C2=O)c(NC(C)=O)n1. The zero-order valence-corrected chi connectivity index (χ0v) is 19.2. The number of nitrogens with one attached hydrogen (secondary N) is 1. The van der Waals surface area contributed by atoms with Gasteiger partial charge in [0.25, 0.3) is 5.91 Å². The van der Waals surface area contributed by atoms with Crippen molar-refractivity contribution in [2.45, 2.75) is 33.4 Å². The number of pyridine rings is 1. The highest BCUT2D eigenvalue weighted by molar-refractivity contribution is 6.14. The van der Waals surface area contributed by atoms with E-state index in [1.165, 1.54) is 36.1 Å². The molecule has 0 atom stereocenters. The van der Waals surface area contributed by atoms with Crippen molar-refractivity contribution in [1.82, 2.24) is 4.98 Å². The van der Waals surface area contributed by atoms with Crippen LogP contribution in [0.15, 0.2) is 48.5 Å². The molecule has 182 valence electrons. The van der Waals surface area contributed by atoms with E-state index in [1.807, 2.05) is 6.92 Å². The number of carbonyl (C=O) groups excluding carboxylic acids is 2. The maximum atomic E-state index is 13.8. The third kappa shape index (κ3) is 4.68. The molecule has 0 aliphatic carbocycles. The number of alkyl halides is 3. The van der Waals surface area contributed by atoms with Gasteiger partial charge in [0.05, 0.1) is 22.5 Å². The van der Waals surface area contributed by atoms with Crippen molar-refractivity contribution in [3.05, 3.63) is 76.7 Å². The molecule has 10 heteroatoms. The molecule has 0 fully saturated rings. The van der Waals surface area contributed by atoms with Crippen LogP contribution in [0.25, 0.3) is 0 Å². The molecule has 2 heterocycles. The van der Waals surface area contributed by atoms with Crippen LogP contribution in [0.3, 0.4) is 0 Å². The number of rotatable bonds is 4. The van der Waals surface area contributed by atoms with Crippen LogP contribution in [-0.4, -0.2) is 23.5 Å². The summed E-state index contributed by atoms with van der Waals surface area (Å²) in [6.07, 6.45) is -4.08. The van der Waals surface area contributed by atoms with Crippen LogP contribution in [-0.2, 0) is 17.4 Å². The minimum absolute atomic E-state index is 0.0938. The van der Waals surface area contributed by atoms with Crippen molar-refractivity contribution in [3.8, 4) is 0 Å². The minimum atomic E-state index is -4.65. The standard InChI is InChI=1S/C25H22F4N4O2/c1-4-18-7-10-22(23(31-18)30-15(3)34)33-13-32(20-9-6-17(26)11-14(20)2)21-8-5-16(25(27,28)29)12-19(21)24(33)35/h5-12H,4,13H2,1-3H3,(H,30,31,34). The van der Waals surface area contributed by atoms with Gasteiger partial charge in [-0.15, -0.1) is 0 Å². The van der Waals surface area contributed by atoms with E-state index in [1.54, 1.807) is 24.0 Å². The van der Waals surface area contributed by atoms with Crippen LogP contribution in [0, 0.1) is 12.7 Å². The maximum absolute atomic E-state index is 13.8. The lowest BCUT2D eigenvalue weighted by atomic mass is 10.0. The van der Waals surface area contributed by atoms with E-state index in [9.17, 15) is 27.2 Å². The maximum Gasteiger partial charge on any atom is 0.416 e. The van der Waals surface area contributed by atoms with E-state index in [2.05, 4.69) is 10.3 Å². The summed E-state index contributed by atoms with van der Waals surface area (Å²) in [5, 5.41) is 2.61. The quantitative estimate of drug-likeness (QED) is 0.472. The van der Waals surface area contributed by atoms with Crippen LogP contribution < -0.4 is 15.1 Å². The van der Waals surface area contributed by atoms with E-state index in [0.29, 0.717) is 23.4 Å². The molecule has 1 aliphatic heterocycles. The van der Waals surface area contributed by atoms with Crippen LogP contribution in [0.2, 0.25) is 0 Å². The second-order valence-corrected chi connectivity index (χ2v) is 8.17. The number of benzene rings is 2. The molecule has 1 aromatic heterocycles. The molecular weight excluding hydrogens is 464 g/mol. The van der Waals surface area contributed by atoms with Crippen LogP contribution >= 0.6 is 0 Å². The summed E-state index contributed by atoms with van der Waals surface area (Å²) in [5.41, 5.74) is 1.05. The summed E-state index contributed by atoms with van der Waals surface area (Å²) in [6, 6.07) is 10.3. The highest BCUT2D eigenvalue weighted by Gasteiger charge is 2.37. The van der Waals surface area contributed by atoms with E-state index in [-0.39, 0.29) is 29.4 Å². The lowest BCUT2D eigenvalue weighted by molar-refractivity contribution is -0.137. The minimum Gasteiger partial charge on any atom is -0.322 e. The number of halogens is 4. The average molecular weight is 486 g/mol. The van der Waals surface area contributed by atoms with Gasteiger partial charge in [0.2, 0.25) is 5.91 Å². The second kappa shape index (κ2) is 9.01. The number of anilines is 4. The van der Waals surface area contributed by atoms with Gasteiger partial charge < -0.3 is 10.2 Å². The fourth-order valence-corrected chi connectivity index (χ4v) is 4.03. The number of hydrogen-bond acceptors (Lipinski definition) is 4. The van der Waals surface area contributed by atoms with E-state index in [4.69, 9.17) is 0 Å². The van der Waals surface area contributed by atoms with Crippen LogP contribution in [0.1, 0.15) is 41.0 Å². The molecule has 2 aromatic carbocycles. The van der Waals surface area contributed by atoms with E-state index < -0.39 is 29.4 Å². The molecule has 3 aromatic rings. The molecule has 0 saturated heterocycles. The van der Waals surface area contributed by atoms with Gasteiger partial charge in [0.15, 0.2) is 5.82 Å². The Bertz CT molecular complexity index is 1320. The Labute approximate surface area is 199 Å². The van der Waals surface area contributed by atoms with Crippen molar-refractivity contribution in [2.24, 2.45) is 0 Å². The largest absolute Gasteiger partial charge is 0.416 e. The molecule has 6 nitrogen and oxygen atoms in total. The molecule has 0 radical (unpaired) electrons. The zero-order chi connectivity index (χ0) is 25.5. The van der Waals surface area contributed by atoms with E-state index in [0.717, 1.165) is 12.1 Å². The molecule has 0 spiro atoms. The summed E-state index contributed by atoms with van der Waals surface area (Å²) in [5.74, 6) is -1.44. The summed E-state index contributed by atoms with van der Waals surface area (Å²) < 4.78 is 54.2.